The first-order valence-electron chi connectivity index (χ1n) is 5.65. The van der Waals surface area contributed by atoms with Crippen LogP contribution in [0, 0.1) is 0 Å². The summed E-state index contributed by atoms with van der Waals surface area (Å²) in [7, 11) is 0. The molecule has 3 nitrogen and oxygen atoms in total. The number of benzene rings is 2. The van der Waals surface area contributed by atoms with Crippen molar-refractivity contribution in [3.63, 3.8) is 0 Å². The Morgan fingerprint density at radius 1 is 1.05 bits per heavy atom. The largest absolute Gasteiger partial charge is 0.422 e. The summed E-state index contributed by atoms with van der Waals surface area (Å²) < 4.78 is 6.03. The summed E-state index contributed by atoms with van der Waals surface area (Å²) in [4.78, 5) is 23.4. The predicted molar refractivity (Wildman–Crippen MR) is 75.5 cm³/mol. The highest BCUT2D eigenvalue weighted by Gasteiger charge is 2.14. The van der Waals surface area contributed by atoms with E-state index in [2.05, 4.69) is 15.9 Å². The van der Waals surface area contributed by atoms with Crippen LogP contribution in [0.25, 0.3) is 0 Å². The van der Waals surface area contributed by atoms with E-state index >= 15 is 0 Å². The minimum Gasteiger partial charge on any atom is -0.422 e. The van der Waals surface area contributed by atoms with Crippen LogP contribution in [0.4, 0.5) is 0 Å². The molecule has 0 bridgehead atoms. The van der Waals surface area contributed by atoms with Gasteiger partial charge in [0.1, 0.15) is 5.75 Å². The first-order chi connectivity index (χ1) is 9.08. The smallest absolute Gasteiger partial charge is 0.343 e. The zero-order chi connectivity index (χ0) is 13.8. The van der Waals surface area contributed by atoms with Crippen molar-refractivity contribution in [1.29, 1.82) is 0 Å². The van der Waals surface area contributed by atoms with E-state index in [4.69, 9.17) is 4.74 Å². The van der Waals surface area contributed by atoms with Gasteiger partial charge in [-0.2, -0.15) is 0 Å². The molecule has 0 amide bonds. The van der Waals surface area contributed by atoms with E-state index in [-0.39, 0.29) is 11.5 Å². The summed E-state index contributed by atoms with van der Waals surface area (Å²) >= 11 is 3.29. The van der Waals surface area contributed by atoms with Gasteiger partial charge in [0.15, 0.2) is 5.78 Å². The number of carbonyl (C=O) groups is 2. The molecule has 0 aromatic heterocycles. The molecule has 0 spiro atoms. The number of rotatable bonds is 3. The zero-order valence-electron chi connectivity index (χ0n) is 10.2. The van der Waals surface area contributed by atoms with Gasteiger partial charge in [-0.05, 0) is 37.3 Å². The standard InChI is InChI=1S/C15H11BrO3/c1-10(17)13-8-7-12(16)9-14(13)19-15(18)11-5-3-2-4-6-11/h2-9H,1H3. The van der Waals surface area contributed by atoms with Gasteiger partial charge >= 0.3 is 5.97 Å². The van der Waals surface area contributed by atoms with Crippen LogP contribution >= 0.6 is 15.9 Å². The van der Waals surface area contributed by atoms with Gasteiger partial charge in [-0.25, -0.2) is 4.79 Å². The van der Waals surface area contributed by atoms with Gasteiger partial charge in [0.2, 0.25) is 0 Å². The first-order valence-corrected chi connectivity index (χ1v) is 6.45. The van der Waals surface area contributed by atoms with Gasteiger partial charge in [0, 0.05) is 4.47 Å². The number of ketones is 1. The highest BCUT2D eigenvalue weighted by atomic mass is 79.9. The quantitative estimate of drug-likeness (QED) is 0.490. The van der Waals surface area contributed by atoms with E-state index in [0.29, 0.717) is 11.1 Å². The number of Topliss-reactive ketones (excluding diaryl/α,β-unsaturated/α-hetero) is 1. The number of hydrogen-bond donors (Lipinski definition) is 0. The molecule has 2 aromatic carbocycles. The van der Waals surface area contributed by atoms with Gasteiger partial charge in [0.05, 0.1) is 11.1 Å². The van der Waals surface area contributed by atoms with Crippen molar-refractivity contribution in [2.24, 2.45) is 0 Å². The average molecular weight is 319 g/mol. The van der Waals surface area contributed by atoms with Crippen LogP contribution < -0.4 is 4.74 Å². The number of ether oxygens (including phenoxy) is 1. The second-order valence-corrected chi connectivity index (χ2v) is 4.87. The van der Waals surface area contributed by atoms with Crippen molar-refractivity contribution in [3.8, 4) is 5.75 Å². The van der Waals surface area contributed by atoms with E-state index in [1.165, 1.54) is 6.92 Å². The van der Waals surface area contributed by atoms with Crippen LogP contribution in [-0.4, -0.2) is 11.8 Å². The summed E-state index contributed by atoms with van der Waals surface area (Å²) in [6, 6.07) is 13.6. The van der Waals surface area contributed by atoms with Crippen molar-refractivity contribution in [2.75, 3.05) is 0 Å². The Labute approximate surface area is 119 Å². The number of esters is 1. The lowest BCUT2D eigenvalue weighted by Crippen LogP contribution is -2.10. The summed E-state index contributed by atoms with van der Waals surface area (Å²) in [5.41, 5.74) is 0.824. The molecule has 0 saturated heterocycles. The van der Waals surface area contributed by atoms with Crippen molar-refractivity contribution in [1.82, 2.24) is 0 Å². The minimum absolute atomic E-state index is 0.150. The molecular weight excluding hydrogens is 308 g/mol. The van der Waals surface area contributed by atoms with Gasteiger partial charge in [-0.3, -0.25) is 4.79 Å². The van der Waals surface area contributed by atoms with Crippen molar-refractivity contribution in [3.05, 3.63) is 64.1 Å². The van der Waals surface area contributed by atoms with E-state index in [0.717, 1.165) is 4.47 Å². The molecule has 0 atom stereocenters. The Balaban J connectivity index is 2.31. The van der Waals surface area contributed by atoms with Gasteiger partial charge in [-0.1, -0.05) is 34.1 Å². The lowest BCUT2D eigenvalue weighted by Gasteiger charge is -2.08. The molecule has 0 aliphatic carbocycles. The minimum atomic E-state index is -0.485. The van der Waals surface area contributed by atoms with E-state index in [1.54, 1.807) is 42.5 Å². The highest BCUT2D eigenvalue weighted by Crippen LogP contribution is 2.25. The third-order valence-electron chi connectivity index (χ3n) is 2.54. The van der Waals surface area contributed by atoms with Crippen LogP contribution in [0.1, 0.15) is 27.6 Å². The van der Waals surface area contributed by atoms with Crippen LogP contribution in [0.2, 0.25) is 0 Å². The maximum atomic E-state index is 12.0. The fourth-order valence-corrected chi connectivity index (χ4v) is 1.94. The normalized spacial score (nSPS) is 10.0. The third-order valence-corrected chi connectivity index (χ3v) is 3.03. The van der Waals surface area contributed by atoms with Gasteiger partial charge in [0.25, 0.3) is 0 Å². The van der Waals surface area contributed by atoms with Crippen LogP contribution in [0.3, 0.4) is 0 Å². The van der Waals surface area contributed by atoms with Crippen LogP contribution in [0.15, 0.2) is 53.0 Å². The molecule has 19 heavy (non-hydrogen) atoms. The van der Waals surface area contributed by atoms with E-state index in [1.807, 2.05) is 6.07 Å². The SMILES string of the molecule is CC(=O)c1ccc(Br)cc1OC(=O)c1ccccc1. The molecule has 2 rings (SSSR count). The van der Waals surface area contributed by atoms with Crippen molar-refractivity contribution >= 4 is 27.7 Å². The summed E-state index contributed by atoms with van der Waals surface area (Å²) in [6.45, 7) is 1.43. The fourth-order valence-electron chi connectivity index (χ4n) is 1.60. The molecule has 0 fully saturated rings. The van der Waals surface area contributed by atoms with Gasteiger partial charge < -0.3 is 4.74 Å². The molecule has 0 radical (unpaired) electrons. The van der Waals surface area contributed by atoms with Crippen LogP contribution in [-0.2, 0) is 0 Å². The maximum absolute atomic E-state index is 12.0. The topological polar surface area (TPSA) is 43.4 Å². The highest BCUT2D eigenvalue weighted by molar-refractivity contribution is 9.10. The maximum Gasteiger partial charge on any atom is 0.343 e. The average Bonchev–Trinajstić information content (AvgIpc) is 2.39. The molecule has 0 aliphatic rings. The molecule has 0 saturated carbocycles. The van der Waals surface area contributed by atoms with Gasteiger partial charge in [-0.15, -0.1) is 0 Å². The Morgan fingerprint density at radius 3 is 2.37 bits per heavy atom. The molecule has 2 aromatic rings. The first kappa shape index (κ1) is 13.5. The van der Waals surface area contributed by atoms with Crippen LogP contribution in [0.5, 0.6) is 5.75 Å². The lowest BCUT2D eigenvalue weighted by atomic mass is 10.1. The summed E-state index contributed by atoms with van der Waals surface area (Å²) in [5.74, 6) is -0.375. The lowest BCUT2D eigenvalue weighted by molar-refractivity contribution is 0.0733. The predicted octanol–water partition coefficient (Wildman–Crippen LogP) is 3.87. The van der Waals surface area contributed by atoms with Crippen molar-refractivity contribution < 1.29 is 14.3 Å². The molecule has 96 valence electrons. The third kappa shape index (κ3) is 3.29. The Kier molecular flexibility index (Phi) is 4.12. The summed E-state index contributed by atoms with van der Waals surface area (Å²) in [6.07, 6.45) is 0. The van der Waals surface area contributed by atoms with E-state index < -0.39 is 5.97 Å². The van der Waals surface area contributed by atoms with E-state index in [9.17, 15) is 9.59 Å². The Morgan fingerprint density at radius 2 is 1.74 bits per heavy atom. The Bertz CT molecular complexity index is 621. The molecule has 0 N–H and O–H groups in total. The molecule has 0 unspecified atom stereocenters. The monoisotopic (exact) mass is 318 g/mol. The molecular formula is C15H11BrO3. The summed E-state index contributed by atoms with van der Waals surface area (Å²) in [5, 5.41) is 0. The number of hydrogen-bond acceptors (Lipinski definition) is 3. The Hall–Kier alpha value is -1.94. The number of halogens is 1. The zero-order valence-corrected chi connectivity index (χ0v) is 11.8. The second kappa shape index (κ2) is 5.80. The molecule has 0 aliphatic heterocycles. The molecule has 0 heterocycles. The van der Waals surface area contributed by atoms with Crippen molar-refractivity contribution in [2.45, 2.75) is 6.92 Å². The number of carbonyl (C=O) groups excluding carboxylic acids is 2. The molecule has 4 heteroatoms. The fraction of sp³-hybridized carbons (Fsp3) is 0.0667. The second-order valence-electron chi connectivity index (χ2n) is 3.95.